The fourth-order valence-electron chi connectivity index (χ4n) is 1.68. The molecule has 1 N–H and O–H groups in total. The predicted octanol–water partition coefficient (Wildman–Crippen LogP) is 3.90. The lowest BCUT2D eigenvalue weighted by atomic mass is 10.2. The third kappa shape index (κ3) is 4.27. The lowest BCUT2D eigenvalue weighted by molar-refractivity contribution is -0.137. The number of aliphatic carboxylic acids is 1. The van der Waals surface area contributed by atoms with Crippen molar-refractivity contribution < 1.29 is 14.3 Å². The quantitative estimate of drug-likeness (QED) is 0.533. The molecule has 2 aromatic rings. The molecule has 2 rings (SSSR count). The number of carboxylic acids is 1. The van der Waals surface area contributed by atoms with E-state index in [0.717, 1.165) is 20.0 Å². The van der Waals surface area contributed by atoms with Crippen molar-refractivity contribution in [1.29, 1.82) is 0 Å². The molecule has 5 nitrogen and oxygen atoms in total. The van der Waals surface area contributed by atoms with Gasteiger partial charge in [0.05, 0.1) is 5.56 Å². The van der Waals surface area contributed by atoms with Gasteiger partial charge in [0.1, 0.15) is 0 Å². The van der Waals surface area contributed by atoms with Crippen LogP contribution in [-0.4, -0.2) is 21.3 Å². The van der Waals surface area contributed by atoms with Crippen molar-refractivity contribution in [1.82, 2.24) is 10.2 Å². The van der Waals surface area contributed by atoms with Crippen LogP contribution < -0.4 is 0 Å². The first-order valence-electron chi connectivity index (χ1n) is 6.06. The topological polar surface area (TPSA) is 76.2 Å². The van der Waals surface area contributed by atoms with Gasteiger partial charge in [-0.15, -0.1) is 10.2 Å². The maximum Gasteiger partial charge on any atom is 0.303 e. The Morgan fingerprint density at radius 1 is 1.35 bits per heavy atom. The van der Waals surface area contributed by atoms with Gasteiger partial charge in [0.15, 0.2) is 0 Å². The lowest BCUT2D eigenvalue weighted by Crippen LogP contribution is -1.95. The van der Waals surface area contributed by atoms with Crippen molar-refractivity contribution in [2.75, 3.05) is 0 Å². The summed E-state index contributed by atoms with van der Waals surface area (Å²) in [6.07, 6.45) is 2.11. The molecular weight excluding hydrogens is 439 g/mol. The van der Waals surface area contributed by atoms with Crippen LogP contribution in [0, 0.1) is 3.57 Å². The Morgan fingerprint density at radius 2 is 2.15 bits per heavy atom. The zero-order valence-corrected chi connectivity index (χ0v) is 14.2. The van der Waals surface area contributed by atoms with Gasteiger partial charge >= 0.3 is 5.97 Å². The number of hydrogen-bond donors (Lipinski definition) is 1. The molecule has 0 spiro atoms. The molecule has 0 amide bonds. The summed E-state index contributed by atoms with van der Waals surface area (Å²) in [5, 5.41) is 16.6. The summed E-state index contributed by atoms with van der Waals surface area (Å²) in [6.45, 7) is 0. The number of rotatable bonds is 6. The van der Waals surface area contributed by atoms with Crippen molar-refractivity contribution in [3.8, 4) is 11.5 Å². The number of aryl methyl sites for hydroxylation is 1. The summed E-state index contributed by atoms with van der Waals surface area (Å²) >= 11 is 5.63. The number of hydrogen-bond acceptors (Lipinski definition) is 4. The van der Waals surface area contributed by atoms with Crippen molar-refractivity contribution in [2.24, 2.45) is 0 Å². The number of carbonyl (C=O) groups is 1. The summed E-state index contributed by atoms with van der Waals surface area (Å²) in [5.74, 6) is 0.255. The van der Waals surface area contributed by atoms with Crippen LogP contribution in [0.4, 0.5) is 0 Å². The molecule has 0 atom stereocenters. The van der Waals surface area contributed by atoms with Gasteiger partial charge in [-0.1, -0.05) is 15.9 Å². The fraction of sp³-hybridized carbons (Fsp3) is 0.308. The van der Waals surface area contributed by atoms with Crippen molar-refractivity contribution in [2.45, 2.75) is 25.7 Å². The Balaban J connectivity index is 2.01. The van der Waals surface area contributed by atoms with Crippen LogP contribution in [-0.2, 0) is 11.2 Å². The molecule has 7 heteroatoms. The highest BCUT2D eigenvalue weighted by Gasteiger charge is 2.12. The van der Waals surface area contributed by atoms with Crippen LogP contribution in [0.25, 0.3) is 11.5 Å². The number of aromatic nitrogens is 2. The first-order chi connectivity index (χ1) is 9.56. The van der Waals surface area contributed by atoms with Crippen LogP contribution in [0.15, 0.2) is 27.1 Å². The molecule has 106 valence electrons. The van der Waals surface area contributed by atoms with Gasteiger partial charge in [-0.2, -0.15) is 0 Å². The van der Waals surface area contributed by atoms with E-state index >= 15 is 0 Å². The van der Waals surface area contributed by atoms with Crippen LogP contribution >= 0.6 is 38.5 Å². The smallest absolute Gasteiger partial charge is 0.303 e. The van der Waals surface area contributed by atoms with Crippen LogP contribution in [0.5, 0.6) is 0 Å². The van der Waals surface area contributed by atoms with Crippen molar-refractivity contribution >= 4 is 44.5 Å². The second-order valence-electron chi connectivity index (χ2n) is 4.23. The molecule has 0 aliphatic rings. The Labute approximate surface area is 138 Å². The van der Waals surface area contributed by atoms with E-state index in [2.05, 4.69) is 48.7 Å². The van der Waals surface area contributed by atoms with Gasteiger partial charge in [0.2, 0.25) is 11.8 Å². The minimum Gasteiger partial charge on any atom is -0.481 e. The van der Waals surface area contributed by atoms with Gasteiger partial charge in [0, 0.05) is 20.9 Å². The number of halogens is 2. The van der Waals surface area contributed by atoms with Crippen LogP contribution in [0.1, 0.15) is 25.2 Å². The van der Waals surface area contributed by atoms with Gasteiger partial charge in [-0.3, -0.25) is 4.79 Å². The Bertz CT molecular complexity index is 615. The van der Waals surface area contributed by atoms with Crippen LogP contribution in [0.3, 0.4) is 0 Å². The van der Waals surface area contributed by atoms with Crippen molar-refractivity contribution in [3.05, 3.63) is 32.1 Å². The van der Waals surface area contributed by atoms with Crippen molar-refractivity contribution in [3.63, 3.8) is 0 Å². The fourth-order valence-corrected chi connectivity index (χ4v) is 2.60. The molecule has 0 radical (unpaired) electrons. The van der Waals surface area contributed by atoms with E-state index in [1.165, 1.54) is 0 Å². The summed E-state index contributed by atoms with van der Waals surface area (Å²) in [6, 6.07) is 5.86. The second kappa shape index (κ2) is 7.16. The Morgan fingerprint density at radius 3 is 2.90 bits per heavy atom. The monoisotopic (exact) mass is 450 g/mol. The average molecular weight is 451 g/mol. The largest absolute Gasteiger partial charge is 0.481 e. The SMILES string of the molecule is O=C(O)CCCCc1nnc(-c2cc(Br)ccc2I)o1. The minimum atomic E-state index is -0.778. The van der Waals surface area contributed by atoms with E-state index in [4.69, 9.17) is 9.52 Å². The molecule has 0 bridgehead atoms. The maximum atomic E-state index is 10.4. The highest BCUT2D eigenvalue weighted by atomic mass is 127. The highest BCUT2D eigenvalue weighted by molar-refractivity contribution is 14.1. The first kappa shape index (κ1) is 15.4. The van der Waals surface area contributed by atoms with E-state index in [1.807, 2.05) is 18.2 Å². The molecule has 1 aromatic carbocycles. The number of nitrogens with zero attached hydrogens (tertiary/aromatic N) is 2. The zero-order chi connectivity index (χ0) is 14.5. The third-order valence-electron chi connectivity index (χ3n) is 2.66. The number of carboxylic acid groups (broad SMARTS) is 1. The highest BCUT2D eigenvalue weighted by Crippen LogP contribution is 2.27. The van der Waals surface area contributed by atoms with Gasteiger partial charge in [0.25, 0.3) is 0 Å². The lowest BCUT2D eigenvalue weighted by Gasteiger charge is -1.99. The van der Waals surface area contributed by atoms with E-state index in [-0.39, 0.29) is 6.42 Å². The number of benzene rings is 1. The Kier molecular flexibility index (Phi) is 5.53. The van der Waals surface area contributed by atoms with Crippen LogP contribution in [0.2, 0.25) is 0 Å². The maximum absolute atomic E-state index is 10.4. The van der Waals surface area contributed by atoms with E-state index in [9.17, 15) is 4.79 Å². The second-order valence-corrected chi connectivity index (χ2v) is 6.30. The number of unbranched alkanes of at least 4 members (excludes halogenated alkanes) is 1. The molecule has 20 heavy (non-hydrogen) atoms. The molecule has 0 aliphatic carbocycles. The normalized spacial score (nSPS) is 10.7. The van der Waals surface area contributed by atoms with E-state index in [0.29, 0.717) is 24.6 Å². The van der Waals surface area contributed by atoms with E-state index < -0.39 is 5.97 Å². The molecule has 0 fully saturated rings. The molecule has 0 saturated carbocycles. The van der Waals surface area contributed by atoms with Gasteiger partial charge in [-0.25, -0.2) is 0 Å². The minimum absolute atomic E-state index is 0.171. The summed E-state index contributed by atoms with van der Waals surface area (Å²) in [7, 11) is 0. The standard InChI is InChI=1S/C13H12BrIN2O3/c14-8-5-6-10(15)9(7-8)13-17-16-11(20-13)3-1-2-4-12(18)19/h5-7H,1-4H2,(H,18,19). The first-order valence-corrected chi connectivity index (χ1v) is 7.93. The Hall–Kier alpha value is -0.960. The molecule has 0 saturated heterocycles. The summed E-state index contributed by atoms with van der Waals surface area (Å²) < 4.78 is 7.60. The molecule has 0 unspecified atom stereocenters. The van der Waals surface area contributed by atoms with E-state index in [1.54, 1.807) is 0 Å². The molecule has 1 aromatic heterocycles. The summed E-state index contributed by atoms with van der Waals surface area (Å²) in [4.78, 5) is 10.4. The predicted molar refractivity (Wildman–Crippen MR) is 85.3 cm³/mol. The van der Waals surface area contributed by atoms with Gasteiger partial charge < -0.3 is 9.52 Å². The average Bonchev–Trinajstić information content (AvgIpc) is 2.86. The molecule has 0 aliphatic heterocycles. The molecular formula is C13H12BrIN2O3. The summed E-state index contributed by atoms with van der Waals surface area (Å²) in [5.41, 5.74) is 0.893. The van der Waals surface area contributed by atoms with Gasteiger partial charge in [-0.05, 0) is 53.6 Å². The third-order valence-corrected chi connectivity index (χ3v) is 4.09. The molecule has 1 heterocycles. The zero-order valence-electron chi connectivity index (χ0n) is 10.5.